The van der Waals surface area contributed by atoms with Crippen molar-refractivity contribution in [3.05, 3.63) is 53.9 Å². The molecule has 9 heteroatoms. The molecule has 33 heavy (non-hydrogen) atoms. The van der Waals surface area contributed by atoms with Gasteiger partial charge >= 0.3 is 5.97 Å². The molecular weight excluding hydrogens is 420 g/mol. The third-order valence-corrected chi connectivity index (χ3v) is 6.79. The van der Waals surface area contributed by atoms with Gasteiger partial charge in [0.2, 0.25) is 0 Å². The number of aromatic nitrogens is 4. The fraction of sp³-hybridized carbons (Fsp3) is 0.375. The molecule has 1 atom stereocenters. The molecule has 2 aromatic heterocycles. The molecule has 3 aliphatic rings. The van der Waals surface area contributed by atoms with Crippen molar-refractivity contribution in [2.45, 2.75) is 38.3 Å². The minimum absolute atomic E-state index is 0.0908. The zero-order chi connectivity index (χ0) is 22.5. The van der Waals surface area contributed by atoms with Crippen LogP contribution in [-0.4, -0.2) is 49.8 Å². The Morgan fingerprint density at radius 1 is 1.12 bits per heavy atom. The van der Waals surface area contributed by atoms with Gasteiger partial charge in [0.25, 0.3) is 5.91 Å². The number of fused-ring (bicyclic) bond motifs is 1. The highest BCUT2D eigenvalue weighted by atomic mass is 16.4. The van der Waals surface area contributed by atoms with E-state index in [0.29, 0.717) is 42.6 Å². The Balaban J connectivity index is 1.26. The smallest absolute Gasteiger partial charge is 0.308 e. The lowest BCUT2D eigenvalue weighted by atomic mass is 9.97. The first-order chi connectivity index (χ1) is 16.1. The summed E-state index contributed by atoms with van der Waals surface area (Å²) in [5, 5.41) is 17.7. The van der Waals surface area contributed by atoms with Crippen molar-refractivity contribution in [3.63, 3.8) is 0 Å². The maximum atomic E-state index is 13.3. The van der Waals surface area contributed by atoms with Crippen LogP contribution in [-0.2, 0) is 11.3 Å². The molecule has 6 rings (SSSR count). The Hall–Kier alpha value is -3.75. The summed E-state index contributed by atoms with van der Waals surface area (Å²) in [6.45, 7) is 1.72. The summed E-state index contributed by atoms with van der Waals surface area (Å²) in [5.74, 6) is 0.0933. The van der Waals surface area contributed by atoms with Crippen LogP contribution >= 0.6 is 0 Å². The number of benzene rings is 1. The Bertz CT molecular complexity index is 1250. The molecule has 1 amide bonds. The van der Waals surface area contributed by atoms with E-state index >= 15 is 0 Å². The summed E-state index contributed by atoms with van der Waals surface area (Å²) < 4.78 is 2.06. The van der Waals surface area contributed by atoms with Crippen molar-refractivity contribution in [1.29, 1.82) is 0 Å². The minimum Gasteiger partial charge on any atom is -0.481 e. The summed E-state index contributed by atoms with van der Waals surface area (Å²) in [6, 6.07) is 11.9. The molecule has 4 heterocycles. The first-order valence-electron chi connectivity index (χ1n) is 11.4. The van der Waals surface area contributed by atoms with Gasteiger partial charge in [0.05, 0.1) is 12.5 Å². The zero-order valence-electron chi connectivity index (χ0n) is 18.1. The number of nitrogens with zero attached hydrogens (tertiary/aromatic N) is 6. The lowest BCUT2D eigenvalue weighted by Gasteiger charge is -2.32. The number of hydrogen-bond acceptors (Lipinski definition) is 6. The van der Waals surface area contributed by atoms with Gasteiger partial charge in [0.1, 0.15) is 17.8 Å². The van der Waals surface area contributed by atoms with Crippen molar-refractivity contribution in [2.75, 3.05) is 22.9 Å². The van der Waals surface area contributed by atoms with Crippen molar-refractivity contribution >= 4 is 23.4 Å². The van der Waals surface area contributed by atoms with Gasteiger partial charge < -0.3 is 14.6 Å². The minimum atomic E-state index is -0.758. The second-order valence-electron chi connectivity index (χ2n) is 9.03. The van der Waals surface area contributed by atoms with E-state index < -0.39 is 5.97 Å². The molecule has 168 valence electrons. The Kier molecular flexibility index (Phi) is 4.63. The molecule has 2 aliphatic heterocycles. The second-order valence-corrected chi connectivity index (χ2v) is 9.03. The molecular formula is C24H24N6O3. The maximum Gasteiger partial charge on any atom is 0.308 e. The number of pyridine rings is 1. The average Bonchev–Trinajstić information content (AvgIpc) is 3.47. The summed E-state index contributed by atoms with van der Waals surface area (Å²) in [4.78, 5) is 33.3. The number of piperidine rings is 1. The van der Waals surface area contributed by atoms with Crippen LogP contribution in [0.4, 0.5) is 11.5 Å². The van der Waals surface area contributed by atoms with Gasteiger partial charge in [-0.3, -0.25) is 14.5 Å². The summed E-state index contributed by atoms with van der Waals surface area (Å²) in [6.07, 6.45) is 5.51. The first-order valence-corrected chi connectivity index (χ1v) is 11.4. The Morgan fingerprint density at radius 3 is 2.82 bits per heavy atom. The number of aliphatic carboxylic acids is 1. The van der Waals surface area contributed by atoms with E-state index in [-0.39, 0.29) is 11.8 Å². The number of hydrogen-bond donors (Lipinski definition) is 1. The molecule has 0 bridgehead atoms. The van der Waals surface area contributed by atoms with E-state index in [9.17, 15) is 14.7 Å². The third-order valence-electron chi connectivity index (χ3n) is 6.79. The normalized spacial score (nSPS) is 20.2. The van der Waals surface area contributed by atoms with E-state index in [1.165, 1.54) is 0 Å². The van der Waals surface area contributed by atoms with Gasteiger partial charge in [-0.05, 0) is 55.5 Å². The van der Waals surface area contributed by atoms with Crippen molar-refractivity contribution in [1.82, 2.24) is 19.7 Å². The largest absolute Gasteiger partial charge is 0.481 e. The molecule has 9 nitrogen and oxygen atoms in total. The number of amides is 1. The molecule has 0 spiro atoms. The summed E-state index contributed by atoms with van der Waals surface area (Å²) >= 11 is 0. The topological polar surface area (TPSA) is 104 Å². The Morgan fingerprint density at radius 2 is 2.00 bits per heavy atom. The lowest BCUT2D eigenvalue weighted by molar-refractivity contribution is -0.141. The van der Waals surface area contributed by atoms with Gasteiger partial charge in [-0.25, -0.2) is 4.98 Å². The molecule has 2 fully saturated rings. The van der Waals surface area contributed by atoms with E-state index in [1.54, 1.807) is 11.2 Å². The molecule has 3 aromatic rings. The molecule has 0 radical (unpaired) electrons. The zero-order valence-corrected chi connectivity index (χ0v) is 18.1. The van der Waals surface area contributed by atoms with Crippen LogP contribution in [0.25, 0.3) is 11.5 Å². The molecule has 1 saturated carbocycles. The van der Waals surface area contributed by atoms with E-state index in [4.69, 9.17) is 4.98 Å². The number of carbonyl (C=O) groups excluding carboxylic acids is 1. The van der Waals surface area contributed by atoms with Crippen molar-refractivity contribution in [3.8, 4) is 11.5 Å². The maximum absolute atomic E-state index is 13.3. The second kappa shape index (κ2) is 7.68. The van der Waals surface area contributed by atoms with Crippen molar-refractivity contribution in [2.24, 2.45) is 5.92 Å². The van der Waals surface area contributed by atoms with Crippen LogP contribution in [0.1, 0.15) is 47.6 Å². The van der Waals surface area contributed by atoms with E-state index in [0.717, 1.165) is 42.9 Å². The average molecular weight is 444 g/mol. The fourth-order valence-corrected chi connectivity index (χ4v) is 4.83. The van der Waals surface area contributed by atoms with E-state index in [1.807, 2.05) is 36.4 Å². The highest BCUT2D eigenvalue weighted by Crippen LogP contribution is 2.38. The quantitative estimate of drug-likeness (QED) is 0.645. The van der Waals surface area contributed by atoms with E-state index in [2.05, 4.69) is 19.7 Å². The van der Waals surface area contributed by atoms with Crippen LogP contribution < -0.4 is 9.80 Å². The predicted molar refractivity (Wildman–Crippen MR) is 121 cm³/mol. The monoisotopic (exact) mass is 444 g/mol. The van der Waals surface area contributed by atoms with Crippen LogP contribution in [0.3, 0.4) is 0 Å². The third kappa shape index (κ3) is 3.53. The molecule has 1 N–H and O–H groups in total. The number of anilines is 2. The van der Waals surface area contributed by atoms with Crippen LogP contribution in [0.5, 0.6) is 0 Å². The van der Waals surface area contributed by atoms with Crippen molar-refractivity contribution < 1.29 is 14.7 Å². The SMILES string of the molecule is O=C(O)C1CCCN(c2ccc3c(c2)C(=O)N(c2cccc(-c4nncn4C4CC4)n2)C3)C1. The van der Waals surface area contributed by atoms with Gasteiger partial charge in [-0.2, -0.15) is 0 Å². The first kappa shape index (κ1) is 19.9. The molecule has 1 aromatic carbocycles. The van der Waals surface area contributed by atoms with Gasteiger partial charge in [-0.15, -0.1) is 10.2 Å². The van der Waals surface area contributed by atoms with Crippen LogP contribution in [0.15, 0.2) is 42.7 Å². The molecule has 1 saturated heterocycles. The van der Waals surface area contributed by atoms with Crippen LogP contribution in [0, 0.1) is 5.92 Å². The summed E-state index contributed by atoms with van der Waals surface area (Å²) in [5.41, 5.74) is 3.20. The molecule has 1 unspecified atom stereocenters. The Labute approximate surface area is 190 Å². The van der Waals surface area contributed by atoms with Gasteiger partial charge in [-0.1, -0.05) is 12.1 Å². The van der Waals surface area contributed by atoms with Crippen LogP contribution in [0.2, 0.25) is 0 Å². The number of rotatable bonds is 5. The van der Waals surface area contributed by atoms with Gasteiger partial charge in [0, 0.05) is 30.4 Å². The molecule has 1 aliphatic carbocycles. The predicted octanol–water partition coefficient (Wildman–Crippen LogP) is 3.14. The number of carbonyl (C=O) groups is 2. The highest BCUT2D eigenvalue weighted by Gasteiger charge is 2.32. The summed E-state index contributed by atoms with van der Waals surface area (Å²) in [7, 11) is 0. The highest BCUT2D eigenvalue weighted by molar-refractivity contribution is 6.10. The lowest BCUT2D eigenvalue weighted by Crippen LogP contribution is -2.38. The fourth-order valence-electron chi connectivity index (χ4n) is 4.83. The van der Waals surface area contributed by atoms with Gasteiger partial charge in [0.15, 0.2) is 5.82 Å². The standard InChI is InChI=1S/C24H24N6O3/c31-23-19-11-18(28-10-2-3-16(12-28)24(32)33)7-6-15(19)13-29(23)21-5-1-4-20(26-21)22-27-25-14-30(22)17-8-9-17/h1,4-7,11,14,16-17H,2-3,8-10,12-13H2,(H,32,33). The number of carboxylic acid groups (broad SMARTS) is 1. The number of carboxylic acids is 1.